The first-order chi connectivity index (χ1) is 10.3. The molecule has 0 saturated heterocycles. The molecule has 1 aromatic rings. The van der Waals surface area contributed by atoms with Crippen LogP contribution < -0.4 is 0 Å². The first-order valence-electron chi connectivity index (χ1n) is 7.08. The van der Waals surface area contributed by atoms with E-state index in [1.165, 1.54) is 0 Å². The average Bonchev–Trinajstić information content (AvgIpc) is 2.45. The van der Waals surface area contributed by atoms with Crippen LogP contribution in [0.3, 0.4) is 0 Å². The maximum Gasteiger partial charge on any atom is 0.389 e. The molecule has 1 aliphatic heterocycles. The number of aromatic hydroxyl groups is 1. The standard InChI is InChI=1S/C16H17F3O3/c17-16(18,19)10-9-14-8-5-12(15(21)22-14)4-1-11-2-6-13(20)7-3-11/h2-3,5-7,14,20H,1,4,8-10H2. The monoisotopic (exact) mass is 314 g/mol. The van der Waals surface area contributed by atoms with E-state index in [1.54, 1.807) is 30.3 Å². The molecule has 3 nitrogen and oxygen atoms in total. The molecule has 0 spiro atoms. The van der Waals surface area contributed by atoms with Gasteiger partial charge in [0.2, 0.25) is 0 Å². The Morgan fingerprint density at radius 2 is 1.86 bits per heavy atom. The Balaban J connectivity index is 1.84. The van der Waals surface area contributed by atoms with Crippen molar-refractivity contribution in [1.29, 1.82) is 0 Å². The van der Waals surface area contributed by atoms with Gasteiger partial charge in [-0.05, 0) is 37.0 Å². The van der Waals surface area contributed by atoms with Crippen molar-refractivity contribution in [3.05, 3.63) is 41.5 Å². The molecule has 0 bridgehead atoms. The first kappa shape index (κ1) is 16.4. The minimum Gasteiger partial charge on any atom is -0.508 e. The molecule has 1 unspecified atom stereocenters. The van der Waals surface area contributed by atoms with Crippen LogP contribution in [0.25, 0.3) is 0 Å². The van der Waals surface area contributed by atoms with Crippen molar-refractivity contribution in [3.8, 4) is 5.75 Å². The molecule has 1 heterocycles. The van der Waals surface area contributed by atoms with Gasteiger partial charge in [-0.3, -0.25) is 0 Å². The zero-order valence-corrected chi connectivity index (χ0v) is 11.9. The van der Waals surface area contributed by atoms with Crippen molar-refractivity contribution in [1.82, 2.24) is 0 Å². The van der Waals surface area contributed by atoms with E-state index >= 15 is 0 Å². The Labute approximate surface area is 126 Å². The smallest absolute Gasteiger partial charge is 0.389 e. The SMILES string of the molecule is O=C1OC(CCC(F)(F)F)CC=C1CCc1ccc(O)cc1. The summed E-state index contributed by atoms with van der Waals surface area (Å²) in [6, 6.07) is 6.65. The fraction of sp³-hybridized carbons (Fsp3) is 0.438. The number of esters is 1. The molecule has 2 rings (SSSR count). The van der Waals surface area contributed by atoms with Crippen molar-refractivity contribution in [3.63, 3.8) is 0 Å². The van der Waals surface area contributed by atoms with Gasteiger partial charge < -0.3 is 9.84 Å². The predicted octanol–water partition coefficient (Wildman–Crippen LogP) is 3.91. The number of phenols is 1. The largest absolute Gasteiger partial charge is 0.508 e. The number of hydrogen-bond donors (Lipinski definition) is 1. The molecule has 1 N–H and O–H groups in total. The molecule has 0 radical (unpaired) electrons. The maximum atomic E-state index is 12.1. The molecule has 0 fully saturated rings. The maximum absolute atomic E-state index is 12.1. The highest BCUT2D eigenvalue weighted by Crippen LogP contribution is 2.27. The van der Waals surface area contributed by atoms with Crippen LogP contribution in [-0.2, 0) is 16.0 Å². The number of benzene rings is 1. The zero-order chi connectivity index (χ0) is 16.2. The summed E-state index contributed by atoms with van der Waals surface area (Å²) in [5.41, 5.74) is 1.46. The van der Waals surface area contributed by atoms with E-state index in [0.717, 1.165) is 5.56 Å². The summed E-state index contributed by atoms with van der Waals surface area (Å²) in [6.45, 7) is 0. The van der Waals surface area contributed by atoms with Crippen LogP contribution in [0.4, 0.5) is 13.2 Å². The molecule has 1 aliphatic rings. The second-order valence-electron chi connectivity index (χ2n) is 5.31. The van der Waals surface area contributed by atoms with E-state index < -0.39 is 24.7 Å². The molecule has 0 aromatic heterocycles. The summed E-state index contributed by atoms with van der Waals surface area (Å²) in [5.74, 6) is -0.357. The molecule has 0 saturated carbocycles. The molecule has 1 aromatic carbocycles. The minimum atomic E-state index is -4.23. The molecule has 6 heteroatoms. The van der Waals surface area contributed by atoms with Gasteiger partial charge in [0.05, 0.1) is 0 Å². The number of carbonyl (C=O) groups is 1. The molecule has 120 valence electrons. The number of rotatable bonds is 5. The van der Waals surface area contributed by atoms with E-state index in [2.05, 4.69) is 0 Å². The van der Waals surface area contributed by atoms with Gasteiger partial charge in [0.1, 0.15) is 11.9 Å². The van der Waals surface area contributed by atoms with Gasteiger partial charge in [0.15, 0.2) is 0 Å². The van der Waals surface area contributed by atoms with Gasteiger partial charge >= 0.3 is 12.1 Å². The topological polar surface area (TPSA) is 46.5 Å². The molecule has 1 atom stereocenters. The summed E-state index contributed by atoms with van der Waals surface area (Å²) >= 11 is 0. The number of halogens is 3. The lowest BCUT2D eigenvalue weighted by Gasteiger charge is -2.22. The quantitative estimate of drug-likeness (QED) is 0.838. The van der Waals surface area contributed by atoms with Crippen molar-refractivity contribution >= 4 is 5.97 Å². The molecular formula is C16H17F3O3. The van der Waals surface area contributed by atoms with Gasteiger partial charge in [0, 0.05) is 18.4 Å². The van der Waals surface area contributed by atoms with E-state index in [1.807, 2.05) is 0 Å². The lowest BCUT2D eigenvalue weighted by atomic mass is 9.99. The third kappa shape index (κ3) is 5.09. The van der Waals surface area contributed by atoms with Crippen molar-refractivity contribution in [2.45, 2.75) is 44.4 Å². The first-order valence-corrected chi connectivity index (χ1v) is 7.08. The van der Waals surface area contributed by atoms with Gasteiger partial charge in [-0.2, -0.15) is 13.2 Å². The van der Waals surface area contributed by atoms with Gasteiger partial charge in [0.25, 0.3) is 0 Å². The fourth-order valence-corrected chi connectivity index (χ4v) is 2.28. The Morgan fingerprint density at radius 3 is 2.45 bits per heavy atom. The fourth-order valence-electron chi connectivity index (χ4n) is 2.28. The Morgan fingerprint density at radius 1 is 1.18 bits per heavy atom. The van der Waals surface area contributed by atoms with E-state index in [0.29, 0.717) is 24.8 Å². The third-order valence-corrected chi connectivity index (χ3v) is 3.53. The Kier molecular flexibility index (Phi) is 5.11. The van der Waals surface area contributed by atoms with Crippen LogP contribution in [0.1, 0.15) is 31.2 Å². The van der Waals surface area contributed by atoms with Gasteiger partial charge in [-0.1, -0.05) is 18.2 Å². The van der Waals surface area contributed by atoms with Crippen molar-refractivity contribution in [2.24, 2.45) is 0 Å². The Hall–Kier alpha value is -1.98. The summed E-state index contributed by atoms with van der Waals surface area (Å²) < 4.78 is 41.5. The number of ether oxygens (including phenoxy) is 1. The molecule has 0 amide bonds. The van der Waals surface area contributed by atoms with E-state index in [9.17, 15) is 23.1 Å². The number of hydrogen-bond acceptors (Lipinski definition) is 3. The lowest BCUT2D eigenvalue weighted by molar-refractivity contribution is -0.155. The third-order valence-electron chi connectivity index (χ3n) is 3.53. The van der Waals surface area contributed by atoms with E-state index in [4.69, 9.17) is 4.74 Å². The molecule has 22 heavy (non-hydrogen) atoms. The molecule has 0 aliphatic carbocycles. The minimum absolute atomic E-state index is 0.174. The molecular weight excluding hydrogens is 297 g/mol. The highest BCUT2D eigenvalue weighted by atomic mass is 19.4. The van der Waals surface area contributed by atoms with Gasteiger partial charge in [-0.15, -0.1) is 0 Å². The Bertz CT molecular complexity index is 547. The zero-order valence-electron chi connectivity index (χ0n) is 11.9. The number of cyclic esters (lactones) is 1. The number of aryl methyl sites for hydroxylation is 1. The van der Waals surface area contributed by atoms with Crippen LogP contribution in [0.15, 0.2) is 35.9 Å². The summed E-state index contributed by atoms with van der Waals surface area (Å²) in [4.78, 5) is 11.8. The second kappa shape index (κ2) is 6.85. The summed E-state index contributed by atoms with van der Waals surface area (Å²) in [7, 11) is 0. The number of phenolic OH excluding ortho intramolecular Hbond substituents is 1. The van der Waals surface area contributed by atoms with Crippen LogP contribution in [0.2, 0.25) is 0 Å². The summed E-state index contributed by atoms with van der Waals surface area (Å²) in [5, 5.41) is 9.19. The van der Waals surface area contributed by atoms with Gasteiger partial charge in [-0.25, -0.2) is 4.79 Å². The van der Waals surface area contributed by atoms with Crippen LogP contribution >= 0.6 is 0 Å². The van der Waals surface area contributed by atoms with E-state index in [-0.39, 0.29) is 12.2 Å². The predicted molar refractivity (Wildman–Crippen MR) is 74.3 cm³/mol. The van der Waals surface area contributed by atoms with Crippen LogP contribution in [-0.4, -0.2) is 23.4 Å². The van der Waals surface area contributed by atoms with Crippen LogP contribution in [0, 0.1) is 0 Å². The number of alkyl halides is 3. The second-order valence-corrected chi connectivity index (χ2v) is 5.31. The highest BCUT2D eigenvalue weighted by Gasteiger charge is 2.30. The highest BCUT2D eigenvalue weighted by molar-refractivity contribution is 5.89. The lowest BCUT2D eigenvalue weighted by Crippen LogP contribution is -2.25. The van der Waals surface area contributed by atoms with Crippen molar-refractivity contribution < 1.29 is 27.8 Å². The normalized spacial score (nSPS) is 18.8. The number of carbonyl (C=O) groups excluding carboxylic acids is 1. The van der Waals surface area contributed by atoms with Crippen molar-refractivity contribution in [2.75, 3.05) is 0 Å². The van der Waals surface area contributed by atoms with Crippen LogP contribution in [0.5, 0.6) is 5.75 Å². The summed E-state index contributed by atoms with van der Waals surface area (Å²) in [6.07, 6.45) is -2.98. The average molecular weight is 314 g/mol.